The third-order valence-electron chi connectivity index (χ3n) is 6.14. The van der Waals surface area contributed by atoms with Gasteiger partial charge in [-0.1, -0.05) is 54.6 Å². The highest BCUT2D eigenvalue weighted by atomic mass is 16.2. The van der Waals surface area contributed by atoms with Crippen molar-refractivity contribution in [2.45, 2.75) is 6.42 Å². The summed E-state index contributed by atoms with van der Waals surface area (Å²) < 4.78 is 0. The minimum atomic E-state index is -0.295. The van der Waals surface area contributed by atoms with Gasteiger partial charge in [0.05, 0.1) is 5.69 Å². The van der Waals surface area contributed by atoms with Crippen LogP contribution in [0.25, 0.3) is 27.1 Å². The minimum Gasteiger partial charge on any atom is -0.268 e. The molecular formula is C28H18N2O2. The molecule has 6 rings (SSSR count). The van der Waals surface area contributed by atoms with Crippen molar-refractivity contribution in [3.63, 3.8) is 0 Å². The topological polar surface area (TPSA) is 49.7 Å². The Labute approximate surface area is 184 Å². The molecule has 152 valence electrons. The van der Waals surface area contributed by atoms with Gasteiger partial charge in [0.1, 0.15) is 0 Å². The highest BCUT2D eigenvalue weighted by molar-refractivity contribution is 6.36. The Morgan fingerprint density at radius 3 is 2.41 bits per heavy atom. The Hall–Kier alpha value is -4.31. The summed E-state index contributed by atoms with van der Waals surface area (Å²) in [5, 5.41) is 3.69. The number of benzene rings is 4. The molecular weight excluding hydrogens is 396 g/mol. The number of allylic oxidation sites excluding steroid dienone is 3. The second kappa shape index (κ2) is 7.13. The van der Waals surface area contributed by atoms with E-state index >= 15 is 0 Å². The van der Waals surface area contributed by atoms with Crippen LogP contribution in [-0.2, 0) is 0 Å². The summed E-state index contributed by atoms with van der Waals surface area (Å²) in [6.07, 6.45) is 8.28. The normalized spacial score (nSPS) is 15.4. The van der Waals surface area contributed by atoms with E-state index in [0.717, 1.165) is 39.1 Å². The van der Waals surface area contributed by atoms with Crippen molar-refractivity contribution in [3.8, 4) is 0 Å². The summed E-state index contributed by atoms with van der Waals surface area (Å²) in [6.45, 7) is 0. The van der Waals surface area contributed by atoms with Gasteiger partial charge in [0.2, 0.25) is 0 Å². The molecule has 0 unspecified atom stereocenters. The van der Waals surface area contributed by atoms with Crippen molar-refractivity contribution >= 4 is 50.8 Å². The van der Waals surface area contributed by atoms with Gasteiger partial charge in [0, 0.05) is 28.9 Å². The molecule has 2 aliphatic rings. The van der Waals surface area contributed by atoms with Crippen LogP contribution in [0, 0.1) is 0 Å². The van der Waals surface area contributed by atoms with Gasteiger partial charge in [-0.15, -0.1) is 0 Å². The molecule has 0 N–H and O–H groups in total. The van der Waals surface area contributed by atoms with Crippen molar-refractivity contribution in [1.82, 2.24) is 0 Å². The van der Waals surface area contributed by atoms with Gasteiger partial charge in [-0.05, 0) is 64.1 Å². The molecule has 0 radical (unpaired) electrons. The second-order valence-electron chi connectivity index (χ2n) is 7.94. The van der Waals surface area contributed by atoms with Crippen LogP contribution in [0.5, 0.6) is 0 Å². The van der Waals surface area contributed by atoms with E-state index in [-0.39, 0.29) is 11.8 Å². The van der Waals surface area contributed by atoms with E-state index in [1.165, 1.54) is 4.90 Å². The van der Waals surface area contributed by atoms with Crippen molar-refractivity contribution in [2.75, 3.05) is 4.90 Å². The molecule has 0 spiro atoms. The standard InChI is InChI=1S/C28H18N2O2/c31-27-24-9-3-8-23-22(19-7-4-15-29-16-14-19)12-13-25(26(23)24)28(32)30(27)21-11-10-18-5-1-2-6-20(18)17-21/h1-6,8-17H,7H2. The summed E-state index contributed by atoms with van der Waals surface area (Å²) in [7, 11) is 0. The van der Waals surface area contributed by atoms with E-state index in [0.29, 0.717) is 16.8 Å². The summed E-state index contributed by atoms with van der Waals surface area (Å²) in [5.74, 6) is -0.589. The first-order chi connectivity index (χ1) is 15.7. The van der Waals surface area contributed by atoms with Crippen LogP contribution in [0.1, 0.15) is 32.7 Å². The zero-order valence-electron chi connectivity index (χ0n) is 17.2. The molecule has 4 aromatic rings. The molecule has 2 aliphatic heterocycles. The van der Waals surface area contributed by atoms with Gasteiger partial charge in [-0.25, -0.2) is 4.90 Å². The lowest BCUT2D eigenvalue weighted by Crippen LogP contribution is -2.40. The molecule has 0 fully saturated rings. The average molecular weight is 414 g/mol. The third kappa shape index (κ3) is 2.73. The number of hydrogen-bond acceptors (Lipinski definition) is 3. The fraction of sp³-hybridized carbons (Fsp3) is 0.0357. The van der Waals surface area contributed by atoms with Gasteiger partial charge in [-0.3, -0.25) is 14.6 Å². The van der Waals surface area contributed by atoms with Crippen molar-refractivity contribution in [2.24, 2.45) is 4.99 Å². The number of fused-ring (bicyclic) bond motifs is 1. The van der Waals surface area contributed by atoms with Crippen LogP contribution in [0.2, 0.25) is 0 Å². The van der Waals surface area contributed by atoms with Crippen LogP contribution in [-0.4, -0.2) is 18.0 Å². The Kier molecular flexibility index (Phi) is 4.12. The molecule has 32 heavy (non-hydrogen) atoms. The van der Waals surface area contributed by atoms with Crippen LogP contribution in [0.3, 0.4) is 0 Å². The molecule has 2 heterocycles. The van der Waals surface area contributed by atoms with Crippen molar-refractivity contribution < 1.29 is 9.59 Å². The molecule has 4 nitrogen and oxygen atoms in total. The number of hydrogen-bond donors (Lipinski definition) is 0. The Morgan fingerprint density at radius 1 is 0.750 bits per heavy atom. The third-order valence-corrected chi connectivity index (χ3v) is 6.14. The van der Waals surface area contributed by atoms with Gasteiger partial charge >= 0.3 is 0 Å². The number of carbonyl (C=O) groups is 2. The fourth-order valence-electron chi connectivity index (χ4n) is 4.62. The lowest BCUT2D eigenvalue weighted by atomic mass is 9.88. The van der Waals surface area contributed by atoms with Crippen LogP contribution in [0.4, 0.5) is 5.69 Å². The fourth-order valence-corrected chi connectivity index (χ4v) is 4.62. The predicted octanol–water partition coefficient (Wildman–Crippen LogP) is 6.17. The minimum absolute atomic E-state index is 0.295. The highest BCUT2D eigenvalue weighted by Crippen LogP contribution is 2.37. The maximum Gasteiger partial charge on any atom is 0.265 e. The summed E-state index contributed by atoms with van der Waals surface area (Å²) in [6, 6.07) is 23.1. The zero-order valence-corrected chi connectivity index (χ0v) is 17.2. The molecule has 0 bridgehead atoms. The number of rotatable bonds is 2. The predicted molar refractivity (Wildman–Crippen MR) is 129 cm³/mol. The Balaban J connectivity index is 1.53. The SMILES string of the molecule is O=C1c2cccc3c(C4=CC=NC=CC4)ccc(c23)C(=O)N1c1ccc2ccccc2c1. The average Bonchev–Trinajstić information content (AvgIpc) is 3.12. The molecule has 0 aliphatic carbocycles. The molecule has 0 saturated carbocycles. The van der Waals surface area contributed by atoms with Crippen LogP contribution >= 0.6 is 0 Å². The number of carbonyl (C=O) groups excluding carboxylic acids is 2. The molecule has 4 aromatic carbocycles. The first-order valence-electron chi connectivity index (χ1n) is 10.5. The summed E-state index contributed by atoms with van der Waals surface area (Å²) >= 11 is 0. The maximum absolute atomic E-state index is 13.6. The first kappa shape index (κ1) is 18.5. The van der Waals surface area contributed by atoms with E-state index in [1.54, 1.807) is 18.5 Å². The number of imide groups is 1. The van der Waals surface area contributed by atoms with E-state index < -0.39 is 0 Å². The van der Waals surface area contributed by atoms with E-state index in [4.69, 9.17) is 0 Å². The summed E-state index contributed by atoms with van der Waals surface area (Å²) in [4.78, 5) is 32.6. The van der Waals surface area contributed by atoms with Gasteiger partial charge in [0.25, 0.3) is 11.8 Å². The summed E-state index contributed by atoms with van der Waals surface area (Å²) in [5.41, 5.74) is 3.79. The Bertz CT molecular complexity index is 1520. The molecule has 0 atom stereocenters. The maximum atomic E-state index is 13.6. The number of nitrogens with zero attached hydrogens (tertiary/aromatic N) is 2. The van der Waals surface area contributed by atoms with Gasteiger partial charge < -0.3 is 0 Å². The lowest BCUT2D eigenvalue weighted by Gasteiger charge is -2.28. The highest BCUT2D eigenvalue weighted by Gasteiger charge is 2.34. The number of amides is 2. The van der Waals surface area contributed by atoms with Gasteiger partial charge in [-0.2, -0.15) is 0 Å². The monoisotopic (exact) mass is 414 g/mol. The number of anilines is 1. The van der Waals surface area contributed by atoms with E-state index in [1.807, 2.05) is 78.9 Å². The lowest BCUT2D eigenvalue weighted by molar-refractivity contribution is 0.0893. The molecule has 4 heteroatoms. The van der Waals surface area contributed by atoms with Crippen molar-refractivity contribution in [1.29, 1.82) is 0 Å². The molecule has 2 amide bonds. The zero-order chi connectivity index (χ0) is 21.7. The number of aliphatic imine (C=N–C) groups is 1. The van der Waals surface area contributed by atoms with Crippen LogP contribution < -0.4 is 4.90 Å². The largest absolute Gasteiger partial charge is 0.268 e. The Morgan fingerprint density at radius 2 is 1.53 bits per heavy atom. The van der Waals surface area contributed by atoms with Crippen LogP contribution in [0.15, 0.2) is 96.1 Å². The second-order valence-corrected chi connectivity index (χ2v) is 7.94. The smallest absolute Gasteiger partial charge is 0.265 e. The quantitative estimate of drug-likeness (QED) is 0.369. The van der Waals surface area contributed by atoms with Gasteiger partial charge in [0.15, 0.2) is 0 Å². The van der Waals surface area contributed by atoms with E-state index in [2.05, 4.69) is 4.99 Å². The first-order valence-corrected chi connectivity index (χ1v) is 10.5. The van der Waals surface area contributed by atoms with E-state index in [9.17, 15) is 9.59 Å². The molecule has 0 aromatic heterocycles. The molecule has 0 saturated heterocycles. The van der Waals surface area contributed by atoms with Crippen molar-refractivity contribution in [3.05, 3.63) is 108 Å².